The van der Waals surface area contributed by atoms with Crippen molar-refractivity contribution in [3.8, 4) is 11.5 Å². The number of nitrogens with one attached hydrogen (secondary N) is 2. The van der Waals surface area contributed by atoms with Crippen LogP contribution in [0.3, 0.4) is 0 Å². The highest BCUT2D eigenvalue weighted by Gasteiger charge is 2.38. The molecule has 0 aliphatic carbocycles. The molecule has 0 spiro atoms. The summed E-state index contributed by atoms with van der Waals surface area (Å²) < 4.78 is 11.2. The Morgan fingerprint density at radius 2 is 1.04 bits per heavy atom. The fourth-order valence-electron chi connectivity index (χ4n) is 7.20. The molecule has 14 heteroatoms. The van der Waals surface area contributed by atoms with Gasteiger partial charge in [0, 0.05) is 83.8 Å². The highest BCUT2D eigenvalue weighted by Crippen LogP contribution is 2.48. The highest BCUT2D eigenvalue weighted by molar-refractivity contribution is 6.19. The second-order valence-corrected chi connectivity index (χ2v) is 16.6. The average molecular weight is 794 g/mol. The number of hydrogen-bond donors (Lipinski definition) is 4. The third-order valence-corrected chi connectivity index (χ3v) is 10.2. The van der Waals surface area contributed by atoms with Gasteiger partial charge >= 0.3 is 12.2 Å². The van der Waals surface area contributed by atoms with Crippen molar-refractivity contribution in [1.29, 1.82) is 0 Å². The average Bonchev–Trinajstić information content (AvgIpc) is 3.65. The van der Waals surface area contributed by atoms with Gasteiger partial charge in [0.2, 0.25) is 11.8 Å². The number of anilines is 4. The van der Waals surface area contributed by atoms with Gasteiger partial charge in [0.25, 0.3) is 0 Å². The summed E-state index contributed by atoms with van der Waals surface area (Å²) in [4.78, 5) is 54.7. The number of phenols is 2. The molecule has 4 amide bonds. The molecule has 0 aromatic heterocycles. The van der Waals surface area contributed by atoms with Gasteiger partial charge in [0.15, 0.2) is 0 Å². The number of carbonyl (C=O) groups is 4. The number of ether oxygens (including phenoxy) is 2. The predicted molar refractivity (Wildman–Crippen MR) is 216 cm³/mol. The number of phenolic OH excluding ortho intramolecular Hbond substituents is 2. The SMILES string of the molecule is CC(C)(C)OC(=O)N1CC(CCl)c2c1cc(O)c1cc(NC(=O)CCCC(=O)Nc3ccc4c5c(cc(O)c4c3)N(C(=O)OC(C)(C)C)CC5CCl)ccc21. The monoisotopic (exact) mass is 792 g/mol. The van der Waals surface area contributed by atoms with Crippen molar-refractivity contribution in [2.45, 2.75) is 83.8 Å². The summed E-state index contributed by atoms with van der Waals surface area (Å²) in [6.45, 7) is 11.4. The van der Waals surface area contributed by atoms with Crippen LogP contribution in [-0.2, 0) is 19.1 Å². The minimum absolute atomic E-state index is 0.0571. The Hall–Kier alpha value is -4.94. The molecule has 2 aliphatic heterocycles. The first-order valence-corrected chi connectivity index (χ1v) is 19.3. The van der Waals surface area contributed by atoms with Crippen LogP contribution in [0.5, 0.6) is 11.5 Å². The van der Waals surface area contributed by atoms with E-state index in [1.807, 2.05) is 0 Å². The van der Waals surface area contributed by atoms with E-state index in [1.165, 1.54) is 21.9 Å². The molecule has 4 aromatic carbocycles. The fourth-order valence-corrected chi connectivity index (χ4v) is 7.70. The van der Waals surface area contributed by atoms with Crippen molar-refractivity contribution in [2.24, 2.45) is 0 Å². The molecule has 0 bridgehead atoms. The minimum Gasteiger partial charge on any atom is -0.507 e. The summed E-state index contributed by atoms with van der Waals surface area (Å²) in [5.74, 6) is -0.567. The lowest BCUT2D eigenvalue weighted by atomic mass is 9.95. The second-order valence-electron chi connectivity index (χ2n) is 16.0. The summed E-state index contributed by atoms with van der Waals surface area (Å²) in [5.41, 5.74) is 2.28. The Balaban J connectivity index is 1.08. The van der Waals surface area contributed by atoms with E-state index in [-0.39, 0.29) is 66.2 Å². The topological polar surface area (TPSA) is 158 Å². The molecule has 0 saturated heterocycles. The first-order chi connectivity index (χ1) is 25.9. The molecule has 6 rings (SSSR count). The lowest BCUT2D eigenvalue weighted by molar-refractivity contribution is -0.117. The van der Waals surface area contributed by atoms with Crippen molar-refractivity contribution >= 4 is 91.5 Å². The van der Waals surface area contributed by atoms with Crippen LogP contribution in [0.2, 0.25) is 0 Å². The Labute approximate surface area is 329 Å². The van der Waals surface area contributed by atoms with Crippen molar-refractivity contribution < 1.29 is 38.9 Å². The van der Waals surface area contributed by atoms with E-state index in [1.54, 1.807) is 77.9 Å². The second kappa shape index (κ2) is 15.3. The van der Waals surface area contributed by atoms with Gasteiger partial charge in [-0.2, -0.15) is 0 Å². The van der Waals surface area contributed by atoms with E-state index in [4.69, 9.17) is 32.7 Å². The Bertz CT molecular complexity index is 2040. The van der Waals surface area contributed by atoms with Crippen molar-refractivity contribution in [2.75, 3.05) is 45.3 Å². The van der Waals surface area contributed by atoms with Crippen LogP contribution in [-0.4, -0.2) is 70.3 Å². The van der Waals surface area contributed by atoms with Crippen LogP contribution in [0, 0.1) is 0 Å². The smallest absolute Gasteiger partial charge is 0.414 e. The standard InChI is InChI=1S/C41H46Cl2N4O8/c1-40(2,3)54-38(52)46-20-22(18-42)36-26-12-10-24(14-28(26)32(48)16-30(36)46)44-34(50)8-7-9-35(51)45-25-11-13-27-29(15-25)33(49)17-31-37(27)23(19-43)21-47(31)39(53)55-41(4,5)6/h10-17,22-23,48-49H,7-9,18-21H2,1-6H3,(H,44,50)(H,45,51). The molecule has 2 heterocycles. The third kappa shape index (κ3) is 8.50. The number of nitrogens with zero attached hydrogens (tertiary/aromatic N) is 2. The third-order valence-electron chi connectivity index (χ3n) is 9.45. The van der Waals surface area contributed by atoms with Gasteiger partial charge in [-0.25, -0.2) is 9.59 Å². The Kier molecular flexibility index (Phi) is 11.1. The van der Waals surface area contributed by atoms with E-state index in [0.717, 1.165) is 21.9 Å². The van der Waals surface area contributed by atoms with E-state index < -0.39 is 23.4 Å². The van der Waals surface area contributed by atoms with Gasteiger partial charge in [0.1, 0.15) is 22.7 Å². The number of aromatic hydroxyl groups is 2. The number of hydrogen-bond acceptors (Lipinski definition) is 8. The molecule has 4 aromatic rings. The maximum absolute atomic E-state index is 13.0. The number of halogens is 2. The zero-order valence-electron chi connectivity index (χ0n) is 31.7. The Morgan fingerprint density at radius 3 is 1.38 bits per heavy atom. The fraction of sp³-hybridized carbons (Fsp3) is 0.415. The molecular weight excluding hydrogens is 747 g/mol. The largest absolute Gasteiger partial charge is 0.507 e. The first kappa shape index (κ1) is 39.7. The minimum atomic E-state index is -0.693. The van der Waals surface area contributed by atoms with Crippen LogP contribution in [0.1, 0.15) is 83.8 Å². The summed E-state index contributed by atoms with van der Waals surface area (Å²) in [6.07, 6.45) is -0.634. The lowest BCUT2D eigenvalue weighted by Gasteiger charge is -2.25. The zero-order chi connectivity index (χ0) is 40.0. The van der Waals surface area contributed by atoms with E-state index >= 15 is 0 Å². The first-order valence-electron chi connectivity index (χ1n) is 18.2. The van der Waals surface area contributed by atoms with Crippen LogP contribution >= 0.6 is 23.2 Å². The van der Waals surface area contributed by atoms with Gasteiger partial charge in [-0.05, 0) is 94.1 Å². The van der Waals surface area contributed by atoms with Gasteiger partial charge < -0.3 is 30.3 Å². The van der Waals surface area contributed by atoms with Gasteiger partial charge in [0.05, 0.1) is 11.4 Å². The highest BCUT2D eigenvalue weighted by atomic mass is 35.5. The van der Waals surface area contributed by atoms with Crippen LogP contribution < -0.4 is 20.4 Å². The molecule has 2 aliphatic rings. The normalized spacial score (nSPS) is 16.6. The number of fused-ring (bicyclic) bond motifs is 6. The molecule has 0 saturated carbocycles. The molecule has 2 atom stereocenters. The number of benzene rings is 4. The van der Waals surface area contributed by atoms with Gasteiger partial charge in [-0.15, -0.1) is 23.2 Å². The molecule has 55 heavy (non-hydrogen) atoms. The quantitative estimate of drug-likeness (QED) is 0.129. The summed E-state index contributed by atoms with van der Waals surface area (Å²) in [5, 5.41) is 30.1. The Morgan fingerprint density at radius 1 is 0.655 bits per heavy atom. The molecule has 0 fully saturated rings. The predicted octanol–water partition coefficient (Wildman–Crippen LogP) is 9.31. The van der Waals surface area contributed by atoms with E-state index in [9.17, 15) is 29.4 Å². The van der Waals surface area contributed by atoms with Crippen molar-refractivity contribution in [1.82, 2.24) is 0 Å². The van der Waals surface area contributed by atoms with Crippen LogP contribution in [0.25, 0.3) is 21.5 Å². The van der Waals surface area contributed by atoms with E-state index in [2.05, 4.69) is 10.6 Å². The maximum Gasteiger partial charge on any atom is 0.414 e. The van der Waals surface area contributed by atoms with Crippen molar-refractivity contribution in [3.63, 3.8) is 0 Å². The van der Waals surface area contributed by atoms with Crippen molar-refractivity contribution in [3.05, 3.63) is 59.7 Å². The molecular formula is C41H46Cl2N4O8. The zero-order valence-corrected chi connectivity index (χ0v) is 33.2. The van der Waals surface area contributed by atoms with Crippen LogP contribution in [0.4, 0.5) is 32.3 Å². The number of rotatable bonds is 8. The molecule has 0 radical (unpaired) electrons. The number of alkyl halides is 2. The van der Waals surface area contributed by atoms with E-state index in [0.29, 0.717) is 46.6 Å². The van der Waals surface area contributed by atoms with Crippen LogP contribution in [0.15, 0.2) is 48.5 Å². The molecule has 12 nitrogen and oxygen atoms in total. The lowest BCUT2D eigenvalue weighted by Crippen LogP contribution is -2.36. The maximum atomic E-state index is 13.0. The summed E-state index contributed by atoms with van der Waals surface area (Å²) in [6, 6.07) is 13.4. The number of amides is 4. The summed E-state index contributed by atoms with van der Waals surface area (Å²) in [7, 11) is 0. The summed E-state index contributed by atoms with van der Waals surface area (Å²) >= 11 is 12.7. The number of carbonyl (C=O) groups excluding carboxylic acids is 4. The molecule has 2 unspecified atom stereocenters. The molecule has 292 valence electrons. The molecule has 4 N–H and O–H groups in total. The van der Waals surface area contributed by atoms with Gasteiger partial charge in [-0.1, -0.05) is 12.1 Å². The van der Waals surface area contributed by atoms with Gasteiger partial charge in [-0.3, -0.25) is 19.4 Å².